The number of carbonyl (C=O) groups is 1. The fraction of sp³-hybridized carbons (Fsp3) is 0.524. The highest BCUT2D eigenvalue weighted by atomic mass is 35.5. The number of carbonyl (C=O) groups excluding carboxylic acids is 1. The van der Waals surface area contributed by atoms with E-state index in [1.54, 1.807) is 13.0 Å². The first-order chi connectivity index (χ1) is 14.7. The summed E-state index contributed by atoms with van der Waals surface area (Å²) in [6.45, 7) is 6.40. The van der Waals surface area contributed by atoms with Crippen molar-refractivity contribution in [3.63, 3.8) is 0 Å². The molecule has 8 nitrogen and oxygen atoms in total. The predicted molar refractivity (Wildman–Crippen MR) is 125 cm³/mol. The van der Waals surface area contributed by atoms with Gasteiger partial charge in [-0.1, -0.05) is 56.3 Å². The van der Waals surface area contributed by atoms with Gasteiger partial charge < -0.3 is 10.6 Å². The second-order valence-corrected chi connectivity index (χ2v) is 8.21. The van der Waals surface area contributed by atoms with Gasteiger partial charge >= 0.3 is 5.69 Å². The lowest BCUT2D eigenvalue weighted by Gasteiger charge is -2.25. The Hall–Kier alpha value is -2.32. The summed E-state index contributed by atoms with van der Waals surface area (Å²) in [4.78, 5) is 46.0. The highest BCUT2D eigenvalue weighted by Gasteiger charge is 2.25. The zero-order valence-corrected chi connectivity index (χ0v) is 19.6. The highest BCUT2D eigenvalue weighted by Crippen LogP contribution is 2.26. The third-order valence-electron chi connectivity index (χ3n) is 4.98. The summed E-state index contributed by atoms with van der Waals surface area (Å²) in [5.74, 6) is -0.422. The van der Waals surface area contributed by atoms with E-state index in [9.17, 15) is 14.4 Å². The number of hydrogen-bond acceptors (Lipinski definition) is 5. The van der Waals surface area contributed by atoms with Crippen LogP contribution in [0, 0.1) is 6.92 Å². The summed E-state index contributed by atoms with van der Waals surface area (Å²) in [6.07, 6.45) is 3.87. The number of nitrogens with one attached hydrogen (secondary N) is 1. The number of nitrogens with two attached hydrogens (primary N) is 1. The fourth-order valence-electron chi connectivity index (χ4n) is 3.29. The molecule has 0 saturated heterocycles. The van der Waals surface area contributed by atoms with Gasteiger partial charge in [0, 0.05) is 29.4 Å². The zero-order chi connectivity index (χ0) is 23.1. The molecule has 0 aliphatic carbocycles. The number of halogens is 2. The van der Waals surface area contributed by atoms with Crippen LogP contribution in [0.2, 0.25) is 10.2 Å². The number of anilines is 2. The molecule has 0 bridgehead atoms. The molecule has 1 amide bonds. The number of pyridine rings is 1. The van der Waals surface area contributed by atoms with Crippen molar-refractivity contribution in [3.8, 4) is 0 Å². The third kappa shape index (κ3) is 6.11. The van der Waals surface area contributed by atoms with E-state index in [-0.39, 0.29) is 29.6 Å². The minimum absolute atomic E-state index is 0.0220. The molecule has 0 spiro atoms. The standard InChI is InChI=1S/C21H29Cl2N5O3/c1-4-6-8-10-27(16(29)12-14-15(22)11-13(3)25-18(14)23)17-19(24)28(9-7-5-2)21(31)26-20(17)30/h11H,4-10,12,24H2,1-3H3,(H,26,30,31). The molecule has 0 fully saturated rings. The Kier molecular flexibility index (Phi) is 9.13. The summed E-state index contributed by atoms with van der Waals surface area (Å²) < 4.78 is 1.30. The van der Waals surface area contributed by atoms with Crippen molar-refractivity contribution in [2.24, 2.45) is 0 Å². The van der Waals surface area contributed by atoms with Crippen LogP contribution in [-0.4, -0.2) is 27.0 Å². The number of rotatable bonds is 10. The minimum atomic E-state index is -0.695. The largest absolute Gasteiger partial charge is 0.383 e. The Morgan fingerprint density at radius 3 is 2.48 bits per heavy atom. The molecular formula is C21H29Cl2N5O3. The SMILES string of the molecule is CCCCCN(C(=O)Cc1c(Cl)cc(C)nc1Cl)c1c(N)n(CCCC)c(=O)[nH]c1=O. The highest BCUT2D eigenvalue weighted by molar-refractivity contribution is 6.35. The monoisotopic (exact) mass is 469 g/mol. The van der Waals surface area contributed by atoms with Crippen molar-refractivity contribution in [3.05, 3.63) is 48.3 Å². The average molecular weight is 470 g/mol. The van der Waals surface area contributed by atoms with Crippen LogP contribution in [0.1, 0.15) is 57.2 Å². The van der Waals surface area contributed by atoms with Crippen LogP contribution in [0.5, 0.6) is 0 Å². The molecule has 0 aliphatic rings. The Morgan fingerprint density at radius 1 is 1.19 bits per heavy atom. The van der Waals surface area contributed by atoms with E-state index < -0.39 is 17.2 Å². The van der Waals surface area contributed by atoms with Gasteiger partial charge in [-0.05, 0) is 25.8 Å². The number of amides is 1. The normalized spacial score (nSPS) is 11.0. The number of nitrogens with zero attached hydrogens (tertiary/aromatic N) is 3. The summed E-state index contributed by atoms with van der Waals surface area (Å²) in [5.41, 5.74) is 5.94. The van der Waals surface area contributed by atoms with E-state index >= 15 is 0 Å². The molecule has 3 N–H and O–H groups in total. The third-order valence-corrected chi connectivity index (χ3v) is 5.63. The molecule has 0 aromatic carbocycles. The lowest BCUT2D eigenvalue weighted by molar-refractivity contribution is -0.118. The molecular weight excluding hydrogens is 441 g/mol. The summed E-state index contributed by atoms with van der Waals surface area (Å²) in [7, 11) is 0. The molecule has 0 unspecified atom stereocenters. The number of unbranched alkanes of at least 4 members (excludes halogenated alkanes) is 3. The molecule has 2 heterocycles. The van der Waals surface area contributed by atoms with Gasteiger partial charge in [-0.2, -0.15) is 0 Å². The number of H-pyrrole nitrogens is 1. The van der Waals surface area contributed by atoms with Crippen LogP contribution in [0.25, 0.3) is 0 Å². The maximum absolute atomic E-state index is 13.3. The van der Waals surface area contributed by atoms with Gasteiger partial charge in [0.1, 0.15) is 11.0 Å². The van der Waals surface area contributed by atoms with Crippen molar-refractivity contribution >= 4 is 40.6 Å². The topological polar surface area (TPSA) is 114 Å². The van der Waals surface area contributed by atoms with Crippen LogP contribution in [0.3, 0.4) is 0 Å². The van der Waals surface area contributed by atoms with E-state index in [0.717, 1.165) is 19.3 Å². The van der Waals surface area contributed by atoms with Crippen molar-refractivity contribution in [2.75, 3.05) is 17.2 Å². The Balaban J connectivity index is 2.51. The van der Waals surface area contributed by atoms with Crippen LogP contribution in [0.15, 0.2) is 15.7 Å². The number of aromatic amines is 1. The fourth-order valence-corrected chi connectivity index (χ4v) is 3.95. The van der Waals surface area contributed by atoms with Gasteiger partial charge in [0.05, 0.1) is 6.42 Å². The number of hydrogen-bond donors (Lipinski definition) is 2. The average Bonchev–Trinajstić information content (AvgIpc) is 2.69. The summed E-state index contributed by atoms with van der Waals surface area (Å²) in [6, 6.07) is 1.63. The van der Waals surface area contributed by atoms with E-state index in [1.807, 2.05) is 13.8 Å². The Labute approximate surface area is 191 Å². The minimum Gasteiger partial charge on any atom is -0.383 e. The molecule has 0 atom stereocenters. The van der Waals surface area contributed by atoms with Gasteiger partial charge in [-0.25, -0.2) is 9.78 Å². The molecule has 170 valence electrons. The van der Waals surface area contributed by atoms with Crippen molar-refractivity contribution in [2.45, 2.75) is 65.8 Å². The smallest absolute Gasteiger partial charge is 0.330 e. The maximum Gasteiger partial charge on any atom is 0.330 e. The predicted octanol–water partition coefficient (Wildman–Crippen LogP) is 3.70. The first-order valence-electron chi connectivity index (χ1n) is 10.5. The second kappa shape index (κ2) is 11.3. The Bertz CT molecular complexity index is 1030. The molecule has 2 aromatic rings. The number of aryl methyl sites for hydroxylation is 1. The molecule has 10 heteroatoms. The molecule has 0 aliphatic heterocycles. The second-order valence-electron chi connectivity index (χ2n) is 7.44. The van der Waals surface area contributed by atoms with Crippen molar-refractivity contribution < 1.29 is 4.79 Å². The van der Waals surface area contributed by atoms with Crippen molar-refractivity contribution in [1.82, 2.24) is 14.5 Å². The van der Waals surface area contributed by atoms with Crippen molar-refractivity contribution in [1.29, 1.82) is 0 Å². The first-order valence-corrected chi connectivity index (χ1v) is 11.2. The van der Waals surface area contributed by atoms with Crippen LogP contribution >= 0.6 is 23.2 Å². The maximum atomic E-state index is 13.3. The molecule has 31 heavy (non-hydrogen) atoms. The molecule has 2 rings (SSSR count). The quantitative estimate of drug-likeness (QED) is 0.406. The van der Waals surface area contributed by atoms with E-state index in [4.69, 9.17) is 28.9 Å². The Morgan fingerprint density at radius 2 is 1.87 bits per heavy atom. The molecule has 2 aromatic heterocycles. The molecule has 0 saturated carbocycles. The number of aromatic nitrogens is 3. The molecule has 0 radical (unpaired) electrons. The summed E-state index contributed by atoms with van der Waals surface area (Å²) in [5, 5.41) is 0.468. The summed E-state index contributed by atoms with van der Waals surface area (Å²) >= 11 is 12.5. The lowest BCUT2D eigenvalue weighted by atomic mass is 10.1. The van der Waals surface area contributed by atoms with Gasteiger partial charge in [-0.15, -0.1) is 0 Å². The van der Waals surface area contributed by atoms with Crippen LogP contribution < -0.4 is 21.9 Å². The van der Waals surface area contributed by atoms with Gasteiger partial charge in [0.2, 0.25) is 5.91 Å². The zero-order valence-electron chi connectivity index (χ0n) is 18.1. The van der Waals surface area contributed by atoms with Gasteiger partial charge in [0.15, 0.2) is 5.69 Å². The van der Waals surface area contributed by atoms with Gasteiger partial charge in [0.25, 0.3) is 5.56 Å². The first kappa shape index (κ1) is 24.9. The van der Waals surface area contributed by atoms with E-state index in [2.05, 4.69) is 9.97 Å². The van der Waals surface area contributed by atoms with E-state index in [1.165, 1.54) is 9.47 Å². The van der Waals surface area contributed by atoms with Crippen LogP contribution in [-0.2, 0) is 17.8 Å². The van der Waals surface area contributed by atoms with E-state index in [0.29, 0.717) is 35.7 Å². The van der Waals surface area contributed by atoms with Gasteiger partial charge in [-0.3, -0.25) is 19.1 Å². The number of nitrogen functional groups attached to an aromatic ring is 1. The lowest BCUT2D eigenvalue weighted by Crippen LogP contribution is -2.42. The van der Waals surface area contributed by atoms with Crippen LogP contribution in [0.4, 0.5) is 11.5 Å².